The summed E-state index contributed by atoms with van der Waals surface area (Å²) in [4.78, 5) is 25.7. The van der Waals surface area contributed by atoms with Crippen molar-refractivity contribution in [3.8, 4) is 0 Å². The fourth-order valence-corrected chi connectivity index (χ4v) is 2.87. The van der Waals surface area contributed by atoms with Gasteiger partial charge in [-0.3, -0.25) is 9.69 Å². The Kier molecular flexibility index (Phi) is 2.78. The average molecular weight is 244 g/mol. The van der Waals surface area contributed by atoms with Crippen LogP contribution in [0.3, 0.4) is 0 Å². The third-order valence-electron chi connectivity index (χ3n) is 3.79. The van der Waals surface area contributed by atoms with E-state index >= 15 is 0 Å². The normalized spacial score (nSPS) is 24.7. The van der Waals surface area contributed by atoms with Crippen LogP contribution >= 0.6 is 0 Å². The molecule has 1 aliphatic carbocycles. The Morgan fingerprint density at radius 1 is 1.06 bits per heavy atom. The number of carbonyl (C=O) groups is 2. The molecule has 1 N–H and O–H groups in total. The Morgan fingerprint density at radius 2 is 1.72 bits per heavy atom. The minimum atomic E-state index is -0.501. The van der Waals surface area contributed by atoms with Gasteiger partial charge in [0.1, 0.15) is 6.04 Å². The van der Waals surface area contributed by atoms with Crippen LogP contribution in [0.4, 0.5) is 4.79 Å². The van der Waals surface area contributed by atoms with E-state index in [1.165, 1.54) is 4.90 Å². The van der Waals surface area contributed by atoms with E-state index in [9.17, 15) is 9.59 Å². The zero-order valence-electron chi connectivity index (χ0n) is 10.1. The van der Waals surface area contributed by atoms with E-state index in [0.717, 1.165) is 31.2 Å². The first-order valence-corrected chi connectivity index (χ1v) is 6.46. The van der Waals surface area contributed by atoms with E-state index in [1.54, 1.807) is 0 Å². The molecule has 1 saturated carbocycles. The average Bonchev–Trinajstić information content (AvgIpc) is 2.99. The molecule has 1 aromatic carbocycles. The molecule has 1 aliphatic heterocycles. The molecule has 0 bridgehead atoms. The number of rotatable bonds is 2. The number of amides is 3. The highest BCUT2D eigenvalue weighted by atomic mass is 16.2. The van der Waals surface area contributed by atoms with Crippen molar-refractivity contribution in [2.45, 2.75) is 37.8 Å². The van der Waals surface area contributed by atoms with Crippen LogP contribution in [0.15, 0.2) is 30.3 Å². The molecule has 0 spiro atoms. The van der Waals surface area contributed by atoms with Crippen LogP contribution in [-0.2, 0) is 4.79 Å². The van der Waals surface area contributed by atoms with Gasteiger partial charge in [-0.1, -0.05) is 43.2 Å². The number of benzene rings is 1. The van der Waals surface area contributed by atoms with Gasteiger partial charge in [-0.15, -0.1) is 0 Å². The number of hydrogen-bond acceptors (Lipinski definition) is 2. The summed E-state index contributed by atoms with van der Waals surface area (Å²) in [6.45, 7) is 0. The lowest BCUT2D eigenvalue weighted by Gasteiger charge is -2.20. The lowest BCUT2D eigenvalue weighted by atomic mass is 10.1. The fourth-order valence-electron chi connectivity index (χ4n) is 2.87. The molecule has 3 amide bonds. The highest BCUT2D eigenvalue weighted by Gasteiger charge is 2.43. The second-order valence-corrected chi connectivity index (χ2v) is 4.94. The molecule has 2 fully saturated rings. The van der Waals surface area contributed by atoms with Gasteiger partial charge in [-0.25, -0.2) is 4.79 Å². The Balaban J connectivity index is 1.84. The summed E-state index contributed by atoms with van der Waals surface area (Å²) in [5.41, 5.74) is 0.858. The quantitative estimate of drug-likeness (QED) is 0.811. The van der Waals surface area contributed by atoms with E-state index in [0.29, 0.717) is 0 Å². The highest BCUT2D eigenvalue weighted by Crippen LogP contribution is 2.30. The minimum Gasteiger partial charge on any atom is -0.322 e. The first kappa shape index (κ1) is 11.3. The van der Waals surface area contributed by atoms with Gasteiger partial charge in [0, 0.05) is 6.04 Å². The van der Waals surface area contributed by atoms with Gasteiger partial charge in [-0.2, -0.15) is 0 Å². The third kappa shape index (κ3) is 1.78. The van der Waals surface area contributed by atoms with Gasteiger partial charge in [-0.05, 0) is 18.4 Å². The molecule has 1 heterocycles. The fraction of sp³-hybridized carbons (Fsp3) is 0.429. The monoisotopic (exact) mass is 244 g/mol. The minimum absolute atomic E-state index is 0.0990. The van der Waals surface area contributed by atoms with Crippen molar-refractivity contribution in [2.24, 2.45) is 0 Å². The molecular formula is C14H16N2O2. The van der Waals surface area contributed by atoms with Crippen molar-refractivity contribution in [3.63, 3.8) is 0 Å². The van der Waals surface area contributed by atoms with Crippen molar-refractivity contribution < 1.29 is 9.59 Å². The van der Waals surface area contributed by atoms with Crippen molar-refractivity contribution in [1.82, 2.24) is 10.2 Å². The Hall–Kier alpha value is -1.84. The molecule has 18 heavy (non-hydrogen) atoms. The maximum atomic E-state index is 12.3. The number of imide groups is 1. The van der Waals surface area contributed by atoms with Crippen molar-refractivity contribution in [1.29, 1.82) is 0 Å². The van der Waals surface area contributed by atoms with Crippen LogP contribution in [0.25, 0.3) is 0 Å². The van der Waals surface area contributed by atoms with E-state index in [-0.39, 0.29) is 18.0 Å². The molecule has 1 atom stereocenters. The van der Waals surface area contributed by atoms with E-state index in [2.05, 4.69) is 5.32 Å². The molecule has 0 unspecified atom stereocenters. The number of urea groups is 1. The van der Waals surface area contributed by atoms with Gasteiger partial charge in [0.15, 0.2) is 0 Å². The Bertz CT molecular complexity index is 466. The lowest BCUT2D eigenvalue weighted by molar-refractivity contribution is -0.129. The number of carbonyl (C=O) groups excluding carboxylic acids is 2. The van der Waals surface area contributed by atoms with E-state index < -0.39 is 6.04 Å². The van der Waals surface area contributed by atoms with E-state index in [1.807, 2.05) is 30.3 Å². The summed E-state index contributed by atoms with van der Waals surface area (Å²) in [5, 5.41) is 2.78. The number of nitrogens with one attached hydrogen (secondary N) is 1. The SMILES string of the molecule is O=C1N[C@H](c2ccccc2)C(=O)N1C1CCCC1. The largest absolute Gasteiger partial charge is 0.325 e. The molecule has 0 radical (unpaired) electrons. The van der Waals surface area contributed by atoms with Crippen LogP contribution in [0.1, 0.15) is 37.3 Å². The second-order valence-electron chi connectivity index (χ2n) is 4.94. The lowest BCUT2D eigenvalue weighted by Crippen LogP contribution is -2.38. The zero-order chi connectivity index (χ0) is 12.5. The third-order valence-corrected chi connectivity index (χ3v) is 3.79. The maximum absolute atomic E-state index is 12.3. The summed E-state index contributed by atoms with van der Waals surface area (Å²) < 4.78 is 0. The first-order chi connectivity index (χ1) is 8.77. The summed E-state index contributed by atoms with van der Waals surface area (Å²) in [7, 11) is 0. The van der Waals surface area contributed by atoms with Gasteiger partial charge in [0.05, 0.1) is 0 Å². The standard InChI is InChI=1S/C14H16N2O2/c17-13-12(10-6-2-1-3-7-10)15-14(18)16(13)11-8-4-5-9-11/h1-3,6-7,11-12H,4-5,8-9H2,(H,15,18)/t12-/m1/s1. The smallest absolute Gasteiger partial charge is 0.322 e. The van der Waals surface area contributed by atoms with Crippen LogP contribution in [0.2, 0.25) is 0 Å². The summed E-state index contributed by atoms with van der Waals surface area (Å²) in [5.74, 6) is -0.0990. The molecule has 1 aromatic rings. The molecule has 1 saturated heterocycles. The first-order valence-electron chi connectivity index (χ1n) is 6.46. The van der Waals surface area contributed by atoms with E-state index in [4.69, 9.17) is 0 Å². The van der Waals surface area contributed by atoms with Gasteiger partial charge in [0.25, 0.3) is 5.91 Å². The number of nitrogens with zero attached hydrogens (tertiary/aromatic N) is 1. The summed E-state index contributed by atoms with van der Waals surface area (Å²) in [6.07, 6.45) is 4.11. The van der Waals surface area contributed by atoms with Gasteiger partial charge in [0.2, 0.25) is 0 Å². The van der Waals surface area contributed by atoms with Crippen molar-refractivity contribution in [3.05, 3.63) is 35.9 Å². The molecule has 0 aromatic heterocycles. The molecule has 3 rings (SSSR count). The van der Waals surface area contributed by atoms with Crippen LogP contribution < -0.4 is 5.32 Å². The van der Waals surface area contributed by atoms with Crippen molar-refractivity contribution in [2.75, 3.05) is 0 Å². The van der Waals surface area contributed by atoms with Gasteiger partial charge < -0.3 is 5.32 Å². The summed E-state index contributed by atoms with van der Waals surface area (Å²) in [6, 6.07) is 8.79. The highest BCUT2D eigenvalue weighted by molar-refractivity contribution is 6.05. The van der Waals surface area contributed by atoms with Crippen LogP contribution in [-0.4, -0.2) is 22.9 Å². The molecule has 4 heteroatoms. The molecular weight excluding hydrogens is 228 g/mol. The summed E-state index contributed by atoms with van der Waals surface area (Å²) >= 11 is 0. The second kappa shape index (κ2) is 4.44. The number of hydrogen-bond donors (Lipinski definition) is 1. The van der Waals surface area contributed by atoms with Crippen LogP contribution in [0.5, 0.6) is 0 Å². The Labute approximate surface area is 106 Å². The zero-order valence-corrected chi connectivity index (χ0v) is 10.1. The molecule has 2 aliphatic rings. The molecule has 94 valence electrons. The topological polar surface area (TPSA) is 49.4 Å². The predicted molar refractivity (Wildman–Crippen MR) is 66.8 cm³/mol. The van der Waals surface area contributed by atoms with Gasteiger partial charge >= 0.3 is 6.03 Å². The van der Waals surface area contributed by atoms with Crippen molar-refractivity contribution >= 4 is 11.9 Å². The maximum Gasteiger partial charge on any atom is 0.325 e. The Morgan fingerprint density at radius 3 is 2.39 bits per heavy atom. The predicted octanol–water partition coefficient (Wildman–Crippen LogP) is 2.22. The molecule has 4 nitrogen and oxygen atoms in total. The van der Waals surface area contributed by atoms with Crippen LogP contribution in [0, 0.1) is 0 Å².